The number of para-hydroxylation sites is 1. The molecule has 3 heterocycles. The lowest BCUT2D eigenvalue weighted by Gasteiger charge is -2.07. The third-order valence-electron chi connectivity index (χ3n) is 4.52. The van der Waals surface area contributed by atoms with E-state index < -0.39 is 0 Å². The maximum Gasteiger partial charge on any atom is 0.227 e. The number of benzene rings is 2. The summed E-state index contributed by atoms with van der Waals surface area (Å²) in [6.07, 6.45) is 1.61. The summed E-state index contributed by atoms with van der Waals surface area (Å²) in [6, 6.07) is 16.4. The van der Waals surface area contributed by atoms with E-state index in [4.69, 9.17) is 4.42 Å². The van der Waals surface area contributed by atoms with E-state index in [2.05, 4.69) is 40.1 Å². The molecule has 0 saturated heterocycles. The lowest BCUT2D eigenvalue weighted by molar-refractivity contribution is 0.653. The Hall–Kier alpha value is -3.27. The van der Waals surface area contributed by atoms with Crippen LogP contribution in [0.15, 0.2) is 59.3 Å². The van der Waals surface area contributed by atoms with Crippen molar-refractivity contribution in [1.82, 2.24) is 15.0 Å². The Kier molecular flexibility index (Phi) is 2.88. The molecule has 0 N–H and O–H groups in total. The van der Waals surface area contributed by atoms with Crippen molar-refractivity contribution < 1.29 is 4.42 Å². The van der Waals surface area contributed by atoms with Gasteiger partial charge in [0.1, 0.15) is 11.9 Å². The molecule has 0 saturated carbocycles. The van der Waals surface area contributed by atoms with Crippen molar-refractivity contribution in [3.05, 3.63) is 66.1 Å². The molecular weight excluding hydrogens is 310 g/mol. The second-order valence-electron chi connectivity index (χ2n) is 6.34. The molecule has 4 nitrogen and oxygen atoms in total. The Bertz CT molecular complexity index is 1270. The van der Waals surface area contributed by atoms with Crippen LogP contribution in [-0.4, -0.2) is 15.0 Å². The summed E-state index contributed by atoms with van der Waals surface area (Å²) in [4.78, 5) is 13.5. The Balaban J connectivity index is 1.94. The number of hydrogen-bond acceptors (Lipinski definition) is 4. The Morgan fingerprint density at radius 1 is 0.840 bits per heavy atom. The molecule has 5 rings (SSSR count). The molecule has 0 aliphatic heterocycles. The van der Waals surface area contributed by atoms with Gasteiger partial charge in [-0.2, -0.15) is 0 Å². The third kappa shape index (κ3) is 2.11. The van der Waals surface area contributed by atoms with Crippen LogP contribution in [0.5, 0.6) is 0 Å². The van der Waals surface area contributed by atoms with Crippen LogP contribution >= 0.6 is 0 Å². The van der Waals surface area contributed by atoms with Gasteiger partial charge in [-0.25, -0.2) is 15.0 Å². The van der Waals surface area contributed by atoms with E-state index in [1.165, 1.54) is 0 Å². The topological polar surface area (TPSA) is 51.8 Å². The van der Waals surface area contributed by atoms with E-state index in [0.717, 1.165) is 49.8 Å². The number of furan rings is 1. The minimum absolute atomic E-state index is 0.667. The highest BCUT2D eigenvalue weighted by Crippen LogP contribution is 2.37. The highest BCUT2D eigenvalue weighted by atomic mass is 16.3. The first-order chi connectivity index (χ1) is 12.2. The monoisotopic (exact) mass is 325 g/mol. The molecule has 2 aromatic carbocycles. The van der Waals surface area contributed by atoms with E-state index in [1.807, 2.05) is 37.3 Å². The van der Waals surface area contributed by atoms with Crippen LogP contribution in [-0.2, 0) is 0 Å². The summed E-state index contributed by atoms with van der Waals surface area (Å²) >= 11 is 0. The van der Waals surface area contributed by atoms with Crippen LogP contribution in [0.25, 0.3) is 44.2 Å². The van der Waals surface area contributed by atoms with Gasteiger partial charge in [-0.05, 0) is 49.7 Å². The number of rotatable bonds is 1. The number of hydrogen-bond donors (Lipinski definition) is 0. The van der Waals surface area contributed by atoms with Gasteiger partial charge in [-0.1, -0.05) is 18.2 Å². The number of fused-ring (bicyclic) bond motifs is 4. The first-order valence-electron chi connectivity index (χ1n) is 8.21. The van der Waals surface area contributed by atoms with Crippen LogP contribution in [0.3, 0.4) is 0 Å². The number of nitrogens with zero attached hydrogens (tertiary/aromatic N) is 3. The van der Waals surface area contributed by atoms with Gasteiger partial charge in [0.25, 0.3) is 0 Å². The molecule has 25 heavy (non-hydrogen) atoms. The van der Waals surface area contributed by atoms with Gasteiger partial charge in [-0.15, -0.1) is 0 Å². The summed E-state index contributed by atoms with van der Waals surface area (Å²) in [5, 5.41) is 3.12. The molecule has 0 aliphatic rings. The quantitative estimate of drug-likeness (QED) is 0.424. The Labute approximate surface area is 144 Å². The molecular formula is C21H15N3O. The molecule has 0 spiro atoms. The van der Waals surface area contributed by atoms with Gasteiger partial charge in [0.15, 0.2) is 0 Å². The fourth-order valence-electron chi connectivity index (χ4n) is 3.39. The zero-order valence-electron chi connectivity index (χ0n) is 13.9. The van der Waals surface area contributed by atoms with Crippen molar-refractivity contribution in [2.24, 2.45) is 0 Å². The zero-order valence-corrected chi connectivity index (χ0v) is 13.9. The largest absolute Gasteiger partial charge is 0.437 e. The molecule has 0 bridgehead atoms. The van der Waals surface area contributed by atoms with Crippen molar-refractivity contribution >= 4 is 33.0 Å². The number of aromatic nitrogens is 3. The molecule has 3 aromatic heterocycles. The predicted octanol–water partition coefficient (Wildman–Crippen LogP) is 5.21. The second kappa shape index (κ2) is 5.11. The van der Waals surface area contributed by atoms with Gasteiger partial charge in [-0.3, -0.25) is 0 Å². The van der Waals surface area contributed by atoms with E-state index in [9.17, 15) is 0 Å². The first kappa shape index (κ1) is 14.1. The van der Waals surface area contributed by atoms with Crippen molar-refractivity contribution in [3.8, 4) is 11.3 Å². The first-order valence-corrected chi connectivity index (χ1v) is 8.21. The molecule has 0 aliphatic carbocycles. The maximum absolute atomic E-state index is 6.15. The van der Waals surface area contributed by atoms with Crippen LogP contribution < -0.4 is 0 Å². The van der Waals surface area contributed by atoms with Crippen LogP contribution in [0, 0.1) is 13.8 Å². The van der Waals surface area contributed by atoms with Gasteiger partial charge >= 0.3 is 0 Å². The highest BCUT2D eigenvalue weighted by molar-refractivity contribution is 6.10. The summed E-state index contributed by atoms with van der Waals surface area (Å²) in [5.41, 5.74) is 6.38. The summed E-state index contributed by atoms with van der Waals surface area (Å²) in [7, 11) is 0. The molecule has 0 radical (unpaired) electrons. The van der Waals surface area contributed by atoms with Crippen molar-refractivity contribution in [1.29, 1.82) is 0 Å². The average Bonchev–Trinajstić information content (AvgIpc) is 2.98. The zero-order chi connectivity index (χ0) is 17.0. The lowest BCUT2D eigenvalue weighted by Crippen LogP contribution is -1.90. The van der Waals surface area contributed by atoms with E-state index in [0.29, 0.717) is 5.71 Å². The van der Waals surface area contributed by atoms with Crippen LogP contribution in [0.2, 0.25) is 0 Å². The number of pyridine rings is 1. The molecule has 0 fully saturated rings. The molecule has 4 heteroatoms. The minimum atomic E-state index is 0.667. The average molecular weight is 325 g/mol. The van der Waals surface area contributed by atoms with E-state index >= 15 is 0 Å². The van der Waals surface area contributed by atoms with Crippen LogP contribution in [0.4, 0.5) is 0 Å². The van der Waals surface area contributed by atoms with E-state index in [1.54, 1.807) is 6.33 Å². The van der Waals surface area contributed by atoms with E-state index in [-0.39, 0.29) is 0 Å². The van der Waals surface area contributed by atoms with Crippen molar-refractivity contribution in [2.45, 2.75) is 13.8 Å². The molecule has 5 aromatic rings. The smallest absolute Gasteiger partial charge is 0.227 e. The summed E-state index contributed by atoms with van der Waals surface area (Å²) < 4.78 is 6.15. The number of aryl methyl sites for hydroxylation is 2. The fourth-order valence-corrected chi connectivity index (χ4v) is 3.39. The van der Waals surface area contributed by atoms with Gasteiger partial charge in [0, 0.05) is 27.4 Å². The Morgan fingerprint density at radius 3 is 2.64 bits per heavy atom. The van der Waals surface area contributed by atoms with Gasteiger partial charge < -0.3 is 4.42 Å². The molecule has 120 valence electrons. The van der Waals surface area contributed by atoms with Crippen molar-refractivity contribution in [2.75, 3.05) is 0 Å². The summed E-state index contributed by atoms with van der Waals surface area (Å²) in [6.45, 7) is 4.06. The highest BCUT2D eigenvalue weighted by Gasteiger charge is 2.16. The van der Waals surface area contributed by atoms with Crippen molar-refractivity contribution in [3.63, 3.8) is 0 Å². The maximum atomic E-state index is 6.15. The SMILES string of the molecule is Cc1cc(-c2ncnc3ccccc23)c2oc3nc(C)ccc3c2c1. The third-order valence-corrected chi connectivity index (χ3v) is 4.52. The molecule has 0 amide bonds. The predicted molar refractivity (Wildman–Crippen MR) is 99.5 cm³/mol. The minimum Gasteiger partial charge on any atom is -0.437 e. The lowest BCUT2D eigenvalue weighted by atomic mass is 10.0. The molecule has 0 atom stereocenters. The standard InChI is InChI=1S/C21H15N3O/c1-12-9-16-14-8-7-13(2)24-21(14)25-20(16)17(10-12)19-15-5-3-4-6-18(15)22-11-23-19/h3-11H,1-2H3. The van der Waals surface area contributed by atoms with Crippen LogP contribution in [0.1, 0.15) is 11.3 Å². The second-order valence-corrected chi connectivity index (χ2v) is 6.34. The van der Waals surface area contributed by atoms with Gasteiger partial charge in [0.05, 0.1) is 11.2 Å². The summed E-state index contributed by atoms with van der Waals surface area (Å²) in [5.74, 6) is 0. The fraction of sp³-hybridized carbons (Fsp3) is 0.0952. The normalized spacial score (nSPS) is 11.6. The molecule has 0 unspecified atom stereocenters. The van der Waals surface area contributed by atoms with Gasteiger partial charge in [0.2, 0.25) is 5.71 Å². The Morgan fingerprint density at radius 2 is 1.72 bits per heavy atom.